The van der Waals surface area contributed by atoms with Gasteiger partial charge in [0, 0.05) is 19.2 Å². The van der Waals surface area contributed by atoms with E-state index >= 15 is 0 Å². The summed E-state index contributed by atoms with van der Waals surface area (Å²) in [5, 5.41) is 0. The molecule has 0 radical (unpaired) electrons. The summed E-state index contributed by atoms with van der Waals surface area (Å²) in [6, 6.07) is 0. The number of aromatic nitrogens is 1. The van der Waals surface area contributed by atoms with E-state index in [1.165, 1.54) is 0 Å². The van der Waals surface area contributed by atoms with Crippen LogP contribution in [-0.2, 0) is 4.79 Å². The molecule has 0 spiro atoms. The maximum atomic E-state index is 11.9. The number of hydrogen-bond donors (Lipinski definition) is 2. The van der Waals surface area contributed by atoms with Crippen LogP contribution < -0.4 is 10.6 Å². The molecule has 1 fully saturated rings. The molecule has 1 aliphatic rings. The second-order valence-electron chi connectivity index (χ2n) is 3.92. The molecule has 1 amide bonds. The first-order valence-electron chi connectivity index (χ1n) is 5.05. The Labute approximate surface area is 122 Å². The van der Waals surface area contributed by atoms with Crippen molar-refractivity contribution in [3.8, 4) is 0 Å². The molecule has 0 aromatic carbocycles. The van der Waals surface area contributed by atoms with Gasteiger partial charge in [0.1, 0.15) is 10.3 Å². The first kappa shape index (κ1) is 13.2. The Morgan fingerprint density at radius 1 is 1.59 bits per heavy atom. The molecule has 2 rings (SSSR count). The summed E-state index contributed by atoms with van der Waals surface area (Å²) in [4.78, 5) is 17.8. The molecule has 1 aliphatic heterocycles. The minimum atomic E-state index is 0.0661. The highest BCUT2D eigenvalue weighted by atomic mass is 79.9. The van der Waals surface area contributed by atoms with Gasteiger partial charge >= 0.3 is 0 Å². The van der Waals surface area contributed by atoms with Gasteiger partial charge in [-0.3, -0.25) is 4.79 Å². The summed E-state index contributed by atoms with van der Waals surface area (Å²) < 4.78 is 1.28. The summed E-state index contributed by atoms with van der Waals surface area (Å²) >= 11 is 10.9. The maximum Gasteiger partial charge on any atom is 0.227 e. The zero-order chi connectivity index (χ0) is 12.6. The average molecular weight is 381 g/mol. The number of anilines is 2. The zero-order valence-electron chi connectivity index (χ0n) is 8.86. The summed E-state index contributed by atoms with van der Waals surface area (Å²) in [6.07, 6.45) is 2.13. The van der Waals surface area contributed by atoms with Gasteiger partial charge in [-0.25, -0.2) is 4.98 Å². The number of nitrogens with two attached hydrogens (primary N) is 1. The molecule has 17 heavy (non-hydrogen) atoms. The van der Waals surface area contributed by atoms with Crippen molar-refractivity contribution in [3.63, 3.8) is 0 Å². The van der Waals surface area contributed by atoms with E-state index in [4.69, 9.17) is 5.73 Å². The van der Waals surface area contributed by atoms with Gasteiger partial charge in [-0.15, -0.1) is 0 Å². The fourth-order valence-electron chi connectivity index (χ4n) is 1.85. The van der Waals surface area contributed by atoms with Crippen LogP contribution in [-0.4, -0.2) is 23.2 Å². The molecule has 1 unspecified atom stereocenters. The van der Waals surface area contributed by atoms with Crippen molar-refractivity contribution in [1.29, 1.82) is 0 Å². The number of carbonyl (C=O) groups is 1. The lowest BCUT2D eigenvalue weighted by atomic mass is 10.1. The molecule has 2 heterocycles. The van der Waals surface area contributed by atoms with Crippen LogP contribution in [0.3, 0.4) is 0 Å². The van der Waals surface area contributed by atoms with E-state index in [0.29, 0.717) is 39.2 Å². The van der Waals surface area contributed by atoms with Crippen molar-refractivity contribution in [2.75, 3.05) is 22.9 Å². The average Bonchev–Trinajstić information content (AvgIpc) is 2.66. The minimum absolute atomic E-state index is 0.0661. The van der Waals surface area contributed by atoms with E-state index in [-0.39, 0.29) is 11.8 Å². The number of halogens is 2. The maximum absolute atomic E-state index is 11.9. The van der Waals surface area contributed by atoms with Crippen molar-refractivity contribution in [3.05, 3.63) is 15.3 Å². The van der Waals surface area contributed by atoms with Gasteiger partial charge in [-0.05, 0) is 43.5 Å². The van der Waals surface area contributed by atoms with Gasteiger partial charge in [0.15, 0.2) is 0 Å². The predicted octanol–water partition coefficient (Wildman–Crippen LogP) is 2.47. The molecular weight excluding hydrogens is 370 g/mol. The Balaban J connectivity index is 2.41. The largest absolute Gasteiger partial charge is 0.396 e. The van der Waals surface area contributed by atoms with Crippen LogP contribution in [0.15, 0.2) is 15.3 Å². The molecule has 0 saturated carbocycles. The lowest BCUT2D eigenvalue weighted by Crippen LogP contribution is -2.26. The summed E-state index contributed by atoms with van der Waals surface area (Å²) in [5.74, 6) is 1.04. The molecule has 1 atom stereocenters. The van der Waals surface area contributed by atoms with Gasteiger partial charge in [0.2, 0.25) is 5.91 Å². The van der Waals surface area contributed by atoms with Crippen molar-refractivity contribution in [2.45, 2.75) is 6.42 Å². The predicted molar refractivity (Wildman–Crippen MR) is 78.4 cm³/mol. The van der Waals surface area contributed by atoms with E-state index in [2.05, 4.69) is 49.5 Å². The Morgan fingerprint density at radius 2 is 2.29 bits per heavy atom. The highest BCUT2D eigenvalue weighted by Crippen LogP contribution is 2.38. The van der Waals surface area contributed by atoms with Crippen LogP contribution in [0.25, 0.3) is 0 Å². The van der Waals surface area contributed by atoms with Crippen molar-refractivity contribution >= 4 is 61.8 Å². The van der Waals surface area contributed by atoms with Crippen LogP contribution in [0.1, 0.15) is 6.42 Å². The van der Waals surface area contributed by atoms with E-state index in [9.17, 15) is 4.79 Å². The third kappa shape index (κ3) is 2.46. The monoisotopic (exact) mass is 379 g/mol. The van der Waals surface area contributed by atoms with Gasteiger partial charge < -0.3 is 10.6 Å². The summed E-state index contributed by atoms with van der Waals surface area (Å²) in [7, 11) is 0. The van der Waals surface area contributed by atoms with Crippen molar-refractivity contribution in [1.82, 2.24) is 4.98 Å². The highest BCUT2D eigenvalue weighted by Gasteiger charge is 2.32. The fraction of sp³-hybridized carbons (Fsp3) is 0.400. The van der Waals surface area contributed by atoms with Gasteiger partial charge in [-0.2, -0.15) is 12.6 Å². The molecule has 2 N–H and O–H groups in total. The van der Waals surface area contributed by atoms with Crippen molar-refractivity contribution in [2.24, 2.45) is 5.92 Å². The Hall–Kier alpha value is -0.270. The molecule has 7 heteroatoms. The number of amides is 1. The zero-order valence-corrected chi connectivity index (χ0v) is 12.9. The van der Waals surface area contributed by atoms with E-state index in [1.54, 1.807) is 11.1 Å². The van der Waals surface area contributed by atoms with E-state index in [0.717, 1.165) is 0 Å². The second kappa shape index (κ2) is 5.16. The van der Waals surface area contributed by atoms with E-state index in [1.807, 2.05) is 0 Å². The summed E-state index contributed by atoms with van der Waals surface area (Å²) in [6.45, 7) is 0.642. The number of nitrogens with zero attached hydrogens (tertiary/aromatic N) is 2. The van der Waals surface area contributed by atoms with Crippen LogP contribution in [0.2, 0.25) is 0 Å². The highest BCUT2D eigenvalue weighted by molar-refractivity contribution is 9.11. The molecule has 0 bridgehead atoms. The lowest BCUT2D eigenvalue weighted by Gasteiger charge is -2.20. The molecule has 1 aromatic rings. The smallest absolute Gasteiger partial charge is 0.227 e. The summed E-state index contributed by atoms with van der Waals surface area (Å²) in [5.41, 5.74) is 7.16. The topological polar surface area (TPSA) is 59.2 Å². The SMILES string of the molecule is Nc1c(Br)cnc(Br)c1N1CC(CS)CC1=O. The van der Waals surface area contributed by atoms with E-state index < -0.39 is 0 Å². The number of hydrogen-bond acceptors (Lipinski definition) is 4. The molecular formula is C10H11Br2N3OS. The van der Waals surface area contributed by atoms with Crippen LogP contribution >= 0.6 is 44.5 Å². The first-order chi connectivity index (χ1) is 8.04. The Morgan fingerprint density at radius 3 is 2.88 bits per heavy atom. The molecule has 1 aromatic heterocycles. The second-order valence-corrected chi connectivity index (χ2v) is 5.89. The Bertz CT molecular complexity index is 469. The fourth-order valence-corrected chi connectivity index (χ4v) is 2.91. The number of thiol groups is 1. The lowest BCUT2D eigenvalue weighted by molar-refractivity contribution is -0.117. The molecule has 92 valence electrons. The number of rotatable bonds is 2. The molecule has 4 nitrogen and oxygen atoms in total. The number of nitrogen functional groups attached to an aromatic ring is 1. The van der Waals surface area contributed by atoms with Gasteiger partial charge in [-0.1, -0.05) is 0 Å². The Kier molecular flexibility index (Phi) is 3.99. The van der Waals surface area contributed by atoms with Crippen LogP contribution in [0.4, 0.5) is 11.4 Å². The quantitative estimate of drug-likeness (QED) is 0.612. The third-order valence-electron chi connectivity index (χ3n) is 2.73. The minimum Gasteiger partial charge on any atom is -0.396 e. The molecule has 0 aliphatic carbocycles. The number of carbonyl (C=O) groups excluding carboxylic acids is 1. The molecule has 1 saturated heterocycles. The normalized spacial score (nSPS) is 20.1. The standard InChI is InChI=1S/C10H11Br2N3OS/c11-6-2-14-10(12)9(8(6)13)15-3-5(4-17)1-7(15)16/h2,5,17H,1,3-4H2,(H2,13,14). The van der Waals surface area contributed by atoms with Crippen LogP contribution in [0.5, 0.6) is 0 Å². The van der Waals surface area contributed by atoms with Crippen molar-refractivity contribution < 1.29 is 4.79 Å². The first-order valence-corrected chi connectivity index (χ1v) is 7.27. The number of pyridine rings is 1. The van der Waals surface area contributed by atoms with Gasteiger partial charge in [0.05, 0.1) is 10.2 Å². The third-order valence-corrected chi connectivity index (χ3v) is 4.46. The van der Waals surface area contributed by atoms with Gasteiger partial charge in [0.25, 0.3) is 0 Å². The van der Waals surface area contributed by atoms with Crippen LogP contribution in [0, 0.1) is 5.92 Å².